The minimum atomic E-state index is -0.999. The van der Waals surface area contributed by atoms with Crippen LogP contribution >= 0.6 is 0 Å². The number of ether oxygens (including phenoxy) is 1. The summed E-state index contributed by atoms with van der Waals surface area (Å²) in [5.41, 5.74) is 6.92. The van der Waals surface area contributed by atoms with Gasteiger partial charge in [0.15, 0.2) is 0 Å². The molecule has 0 amide bonds. The molecule has 1 aliphatic rings. The number of anilines is 1. The third-order valence-corrected chi connectivity index (χ3v) is 3.36. The number of carboxylic acids is 1. The molecule has 1 aliphatic heterocycles. The largest absolute Gasteiger partial charge is 0.486 e. The van der Waals surface area contributed by atoms with Crippen LogP contribution in [0.2, 0.25) is 0 Å². The van der Waals surface area contributed by atoms with Crippen molar-refractivity contribution in [1.82, 2.24) is 0 Å². The number of carboxylic acid groups (broad SMARTS) is 1. The number of hydrogen-bond acceptors (Lipinski definition) is 3. The molecule has 2 rings (SSSR count). The van der Waals surface area contributed by atoms with Gasteiger partial charge in [-0.2, -0.15) is 0 Å². The lowest BCUT2D eigenvalue weighted by molar-refractivity contribution is 0.0679. The Morgan fingerprint density at radius 3 is 2.71 bits per heavy atom. The standard InChI is InChI=1S/C13H17NO3/c1-4-10-8-5-7(14)6-9(12(15)16)11(8)17-13(10,2)3/h5-6,10H,4,14H2,1-3H3,(H,15,16). The van der Waals surface area contributed by atoms with Gasteiger partial charge in [-0.1, -0.05) is 6.92 Å². The molecule has 0 aromatic heterocycles. The molecule has 1 heterocycles. The molecular weight excluding hydrogens is 218 g/mol. The minimum Gasteiger partial charge on any atom is -0.486 e. The van der Waals surface area contributed by atoms with Crippen LogP contribution in [-0.4, -0.2) is 16.7 Å². The zero-order valence-corrected chi connectivity index (χ0v) is 10.3. The molecule has 3 N–H and O–H groups in total. The van der Waals surface area contributed by atoms with Crippen LogP contribution in [0, 0.1) is 0 Å². The van der Waals surface area contributed by atoms with Crippen molar-refractivity contribution in [3.8, 4) is 5.75 Å². The van der Waals surface area contributed by atoms with Crippen molar-refractivity contribution in [1.29, 1.82) is 0 Å². The molecular formula is C13H17NO3. The highest BCUT2D eigenvalue weighted by molar-refractivity contribution is 5.93. The van der Waals surface area contributed by atoms with Crippen molar-refractivity contribution in [2.75, 3.05) is 5.73 Å². The molecule has 17 heavy (non-hydrogen) atoms. The molecule has 0 spiro atoms. The number of benzene rings is 1. The van der Waals surface area contributed by atoms with Crippen molar-refractivity contribution in [2.24, 2.45) is 0 Å². The van der Waals surface area contributed by atoms with Crippen molar-refractivity contribution in [3.63, 3.8) is 0 Å². The Bertz CT molecular complexity index is 480. The lowest BCUT2D eigenvalue weighted by Gasteiger charge is -2.25. The van der Waals surface area contributed by atoms with Crippen LogP contribution in [0.3, 0.4) is 0 Å². The van der Waals surface area contributed by atoms with E-state index in [4.69, 9.17) is 15.6 Å². The summed E-state index contributed by atoms with van der Waals surface area (Å²) < 4.78 is 5.81. The first-order valence-corrected chi connectivity index (χ1v) is 5.72. The lowest BCUT2D eigenvalue weighted by atomic mass is 9.84. The first kappa shape index (κ1) is 11.8. The number of rotatable bonds is 2. The molecule has 0 saturated carbocycles. The smallest absolute Gasteiger partial charge is 0.339 e. The number of nitrogen functional groups attached to an aromatic ring is 1. The molecule has 0 radical (unpaired) electrons. The maximum absolute atomic E-state index is 11.2. The van der Waals surface area contributed by atoms with E-state index in [-0.39, 0.29) is 17.1 Å². The van der Waals surface area contributed by atoms with E-state index in [9.17, 15) is 4.79 Å². The Labute approximate surface area is 100 Å². The minimum absolute atomic E-state index is 0.157. The van der Waals surface area contributed by atoms with E-state index in [0.29, 0.717) is 11.4 Å². The van der Waals surface area contributed by atoms with E-state index in [1.807, 2.05) is 19.9 Å². The summed E-state index contributed by atoms with van der Waals surface area (Å²) in [7, 11) is 0. The molecule has 1 aromatic carbocycles. The molecule has 0 fully saturated rings. The Balaban J connectivity index is 2.64. The number of nitrogens with two attached hydrogens (primary N) is 1. The highest BCUT2D eigenvalue weighted by atomic mass is 16.5. The number of hydrogen-bond donors (Lipinski definition) is 2. The van der Waals surface area contributed by atoms with E-state index in [1.54, 1.807) is 0 Å². The molecule has 1 aromatic rings. The number of fused-ring (bicyclic) bond motifs is 1. The van der Waals surface area contributed by atoms with Crippen LogP contribution < -0.4 is 10.5 Å². The average Bonchev–Trinajstić information content (AvgIpc) is 2.46. The zero-order valence-electron chi connectivity index (χ0n) is 10.3. The second-order valence-corrected chi connectivity index (χ2v) is 4.96. The normalized spacial score (nSPS) is 20.8. The summed E-state index contributed by atoms with van der Waals surface area (Å²) in [5, 5.41) is 9.17. The zero-order chi connectivity index (χ0) is 12.8. The van der Waals surface area contributed by atoms with Gasteiger partial charge in [-0.05, 0) is 32.4 Å². The molecule has 1 unspecified atom stereocenters. The predicted molar refractivity (Wildman–Crippen MR) is 65.6 cm³/mol. The Hall–Kier alpha value is -1.71. The van der Waals surface area contributed by atoms with Gasteiger partial charge >= 0.3 is 5.97 Å². The lowest BCUT2D eigenvalue weighted by Crippen LogP contribution is -2.29. The van der Waals surface area contributed by atoms with Gasteiger partial charge < -0.3 is 15.6 Å². The van der Waals surface area contributed by atoms with E-state index < -0.39 is 5.97 Å². The van der Waals surface area contributed by atoms with Crippen molar-refractivity contribution in [3.05, 3.63) is 23.3 Å². The van der Waals surface area contributed by atoms with Gasteiger partial charge in [0.1, 0.15) is 16.9 Å². The van der Waals surface area contributed by atoms with Crippen LogP contribution in [0.1, 0.15) is 49.0 Å². The summed E-state index contributed by atoms with van der Waals surface area (Å²) in [6.45, 7) is 6.01. The molecule has 1 atom stereocenters. The molecule has 92 valence electrons. The van der Waals surface area contributed by atoms with Gasteiger partial charge in [0.25, 0.3) is 0 Å². The monoisotopic (exact) mass is 235 g/mol. The fourth-order valence-electron chi connectivity index (χ4n) is 2.63. The average molecular weight is 235 g/mol. The van der Waals surface area contributed by atoms with Gasteiger partial charge in [-0.15, -0.1) is 0 Å². The predicted octanol–water partition coefficient (Wildman–Crippen LogP) is 2.63. The third kappa shape index (κ3) is 1.73. The fourth-order valence-corrected chi connectivity index (χ4v) is 2.63. The van der Waals surface area contributed by atoms with Crippen molar-refractivity contribution >= 4 is 11.7 Å². The molecule has 0 bridgehead atoms. The van der Waals surface area contributed by atoms with Gasteiger partial charge in [0, 0.05) is 17.2 Å². The first-order chi connectivity index (χ1) is 7.86. The van der Waals surface area contributed by atoms with E-state index in [0.717, 1.165) is 12.0 Å². The summed E-state index contributed by atoms with van der Waals surface area (Å²) in [6.07, 6.45) is 0.891. The summed E-state index contributed by atoms with van der Waals surface area (Å²) in [4.78, 5) is 11.2. The fraction of sp³-hybridized carbons (Fsp3) is 0.462. The van der Waals surface area contributed by atoms with E-state index in [1.165, 1.54) is 6.07 Å². The van der Waals surface area contributed by atoms with Crippen LogP contribution in [0.25, 0.3) is 0 Å². The Kier molecular flexibility index (Phi) is 2.53. The van der Waals surface area contributed by atoms with Crippen molar-refractivity contribution < 1.29 is 14.6 Å². The summed E-state index contributed by atoms with van der Waals surface area (Å²) in [5.74, 6) is -0.344. The third-order valence-electron chi connectivity index (χ3n) is 3.36. The summed E-state index contributed by atoms with van der Waals surface area (Å²) >= 11 is 0. The molecule has 4 nitrogen and oxygen atoms in total. The van der Waals surface area contributed by atoms with Crippen LogP contribution in [0.15, 0.2) is 12.1 Å². The highest BCUT2D eigenvalue weighted by Gasteiger charge is 2.42. The maximum Gasteiger partial charge on any atom is 0.339 e. The molecule has 4 heteroatoms. The number of carbonyl (C=O) groups is 1. The van der Waals surface area contributed by atoms with Crippen LogP contribution in [-0.2, 0) is 0 Å². The van der Waals surface area contributed by atoms with Crippen LogP contribution in [0.4, 0.5) is 5.69 Å². The van der Waals surface area contributed by atoms with Gasteiger partial charge in [0.05, 0.1) is 0 Å². The number of aromatic carboxylic acids is 1. The Morgan fingerprint density at radius 2 is 2.18 bits per heavy atom. The van der Waals surface area contributed by atoms with Gasteiger partial charge in [-0.3, -0.25) is 0 Å². The van der Waals surface area contributed by atoms with Gasteiger partial charge in [0.2, 0.25) is 0 Å². The molecule has 0 saturated heterocycles. The SMILES string of the molecule is CCC1c2cc(N)cc(C(=O)O)c2OC1(C)C. The Morgan fingerprint density at radius 1 is 1.53 bits per heavy atom. The van der Waals surface area contributed by atoms with Crippen molar-refractivity contribution in [2.45, 2.75) is 38.7 Å². The first-order valence-electron chi connectivity index (χ1n) is 5.72. The van der Waals surface area contributed by atoms with E-state index in [2.05, 4.69) is 6.92 Å². The van der Waals surface area contributed by atoms with Crippen LogP contribution in [0.5, 0.6) is 5.75 Å². The second kappa shape index (κ2) is 3.65. The molecule has 0 aliphatic carbocycles. The summed E-state index contributed by atoms with van der Waals surface area (Å²) in [6, 6.07) is 3.28. The topological polar surface area (TPSA) is 72.6 Å². The quantitative estimate of drug-likeness (QED) is 0.773. The highest BCUT2D eigenvalue weighted by Crippen LogP contribution is 2.48. The maximum atomic E-state index is 11.2. The second-order valence-electron chi connectivity index (χ2n) is 4.96. The van der Waals surface area contributed by atoms with Gasteiger partial charge in [-0.25, -0.2) is 4.79 Å². The van der Waals surface area contributed by atoms with E-state index >= 15 is 0 Å².